The Morgan fingerprint density at radius 1 is 1.78 bits per heavy atom. The number of hydrogen-bond donors (Lipinski definition) is 0. The molecule has 0 N–H and O–H groups in total. The van der Waals surface area contributed by atoms with Gasteiger partial charge in [-0.05, 0) is 12.8 Å². The summed E-state index contributed by atoms with van der Waals surface area (Å²) in [4.78, 5) is 0. The molecule has 0 spiro atoms. The summed E-state index contributed by atoms with van der Waals surface area (Å²) in [7, 11) is 1.70. The van der Waals surface area contributed by atoms with Gasteiger partial charge in [-0.2, -0.15) is 5.10 Å². The molecule has 1 saturated heterocycles. The lowest BCUT2D eigenvalue weighted by Gasteiger charge is -2.18. The van der Waals surface area contributed by atoms with E-state index >= 15 is 0 Å². The fourth-order valence-electron chi connectivity index (χ4n) is 1.12. The summed E-state index contributed by atoms with van der Waals surface area (Å²) in [6.45, 7) is 4.42. The molecule has 1 heterocycles. The van der Waals surface area contributed by atoms with Crippen LogP contribution in [0.3, 0.4) is 0 Å². The summed E-state index contributed by atoms with van der Waals surface area (Å²) < 4.78 is 5.11. The fourth-order valence-corrected chi connectivity index (χ4v) is 1.12. The molecule has 9 heavy (non-hydrogen) atoms. The predicted molar refractivity (Wildman–Crippen MR) is 36.3 cm³/mol. The molecule has 3 heteroatoms. The maximum absolute atomic E-state index is 5.11. The molecular formula is C6H12N2O. The van der Waals surface area contributed by atoms with Crippen LogP contribution in [0.2, 0.25) is 0 Å². The molecule has 1 aliphatic heterocycles. The van der Waals surface area contributed by atoms with Gasteiger partial charge < -0.3 is 4.74 Å². The van der Waals surface area contributed by atoms with Gasteiger partial charge in [-0.3, -0.25) is 5.01 Å². The molecule has 3 nitrogen and oxygen atoms in total. The summed E-state index contributed by atoms with van der Waals surface area (Å²) in [5.41, 5.74) is 0. The van der Waals surface area contributed by atoms with Gasteiger partial charge in [0, 0.05) is 20.4 Å². The molecule has 0 aliphatic carbocycles. The Morgan fingerprint density at radius 3 is 3.00 bits per heavy atom. The van der Waals surface area contributed by atoms with E-state index in [1.807, 2.05) is 5.01 Å². The number of hydrogen-bond acceptors (Lipinski definition) is 3. The van der Waals surface area contributed by atoms with Crippen molar-refractivity contribution in [3.63, 3.8) is 0 Å². The Bertz CT molecular complexity index is 105. The average molecular weight is 128 g/mol. The number of rotatable bonds is 2. The van der Waals surface area contributed by atoms with Crippen LogP contribution >= 0.6 is 0 Å². The molecule has 0 aromatic heterocycles. The summed E-state index contributed by atoms with van der Waals surface area (Å²) in [6, 6.07) is 0. The molecule has 1 rings (SSSR count). The van der Waals surface area contributed by atoms with Crippen molar-refractivity contribution in [2.45, 2.75) is 19.1 Å². The Kier molecular flexibility index (Phi) is 2.05. The lowest BCUT2D eigenvalue weighted by molar-refractivity contribution is -0.00166. The molecular weight excluding hydrogens is 116 g/mol. The van der Waals surface area contributed by atoms with Crippen molar-refractivity contribution < 1.29 is 4.74 Å². The van der Waals surface area contributed by atoms with Gasteiger partial charge in [0.25, 0.3) is 0 Å². The second-order valence-electron chi connectivity index (χ2n) is 2.14. The van der Waals surface area contributed by atoms with Gasteiger partial charge in [-0.25, -0.2) is 0 Å². The van der Waals surface area contributed by atoms with Crippen LogP contribution in [0.25, 0.3) is 0 Å². The van der Waals surface area contributed by atoms with Crippen LogP contribution in [0, 0.1) is 0 Å². The van der Waals surface area contributed by atoms with Gasteiger partial charge >= 0.3 is 0 Å². The largest absolute Gasteiger partial charge is 0.360 e. The fraction of sp³-hybridized carbons (Fsp3) is 0.833. The van der Waals surface area contributed by atoms with Crippen molar-refractivity contribution in [2.75, 3.05) is 13.7 Å². The molecule has 1 atom stereocenters. The summed E-state index contributed by atoms with van der Waals surface area (Å²) in [6.07, 6.45) is 2.43. The lowest BCUT2D eigenvalue weighted by Crippen LogP contribution is -2.24. The van der Waals surface area contributed by atoms with E-state index in [1.54, 1.807) is 7.11 Å². The second-order valence-corrected chi connectivity index (χ2v) is 2.14. The van der Waals surface area contributed by atoms with Crippen LogP contribution in [0.5, 0.6) is 0 Å². The van der Waals surface area contributed by atoms with E-state index in [9.17, 15) is 0 Å². The minimum atomic E-state index is 0.183. The molecule has 0 aromatic carbocycles. The maximum atomic E-state index is 5.11. The molecule has 52 valence electrons. The van der Waals surface area contributed by atoms with Gasteiger partial charge in [0.2, 0.25) is 0 Å². The highest BCUT2D eigenvalue weighted by molar-refractivity contribution is 5.22. The van der Waals surface area contributed by atoms with E-state index < -0.39 is 0 Å². The zero-order valence-corrected chi connectivity index (χ0v) is 5.71. The monoisotopic (exact) mass is 128 g/mol. The minimum Gasteiger partial charge on any atom is -0.360 e. The van der Waals surface area contributed by atoms with Crippen molar-refractivity contribution >= 4 is 6.72 Å². The van der Waals surface area contributed by atoms with Crippen molar-refractivity contribution in [1.82, 2.24) is 5.01 Å². The van der Waals surface area contributed by atoms with Gasteiger partial charge in [0.15, 0.2) is 0 Å². The van der Waals surface area contributed by atoms with Gasteiger partial charge in [-0.15, -0.1) is 0 Å². The highest BCUT2D eigenvalue weighted by Crippen LogP contribution is 2.16. The third-order valence-corrected chi connectivity index (χ3v) is 1.62. The molecule has 0 bridgehead atoms. The number of methoxy groups -OCH3 is 1. The normalized spacial score (nSPS) is 26.8. The third-order valence-electron chi connectivity index (χ3n) is 1.62. The van der Waals surface area contributed by atoms with E-state index in [0.717, 1.165) is 19.4 Å². The first-order valence-corrected chi connectivity index (χ1v) is 3.14. The first-order chi connectivity index (χ1) is 4.38. The van der Waals surface area contributed by atoms with Crippen LogP contribution < -0.4 is 0 Å². The summed E-state index contributed by atoms with van der Waals surface area (Å²) >= 11 is 0. The average Bonchev–Trinajstić information content (AvgIpc) is 2.33. The summed E-state index contributed by atoms with van der Waals surface area (Å²) in [5.74, 6) is 0. The highest BCUT2D eigenvalue weighted by Gasteiger charge is 2.21. The smallest absolute Gasteiger partial charge is 0.145 e. The van der Waals surface area contributed by atoms with Crippen molar-refractivity contribution in [2.24, 2.45) is 5.10 Å². The Balaban J connectivity index is 2.41. The molecule has 0 radical (unpaired) electrons. The molecule has 0 unspecified atom stereocenters. The van der Waals surface area contributed by atoms with Crippen LogP contribution in [0.15, 0.2) is 5.10 Å². The van der Waals surface area contributed by atoms with Crippen LogP contribution in [0.1, 0.15) is 12.8 Å². The van der Waals surface area contributed by atoms with E-state index in [-0.39, 0.29) is 6.23 Å². The molecule has 0 saturated carbocycles. The van der Waals surface area contributed by atoms with Crippen molar-refractivity contribution in [1.29, 1.82) is 0 Å². The predicted octanol–water partition coefficient (Wildman–Crippen LogP) is 0.670. The highest BCUT2D eigenvalue weighted by atomic mass is 16.5. The Labute approximate surface area is 55.3 Å². The standard InChI is InChI=1S/C6H12N2O/c1-7-8-5-3-4-6(8)9-2/h6H,1,3-5H2,2H3/t6-/m0/s1. The minimum absolute atomic E-state index is 0.183. The zero-order valence-electron chi connectivity index (χ0n) is 5.71. The number of nitrogens with zero attached hydrogens (tertiary/aromatic N) is 2. The molecule has 1 aliphatic rings. The topological polar surface area (TPSA) is 24.8 Å². The number of hydrazone groups is 1. The van der Waals surface area contributed by atoms with Crippen LogP contribution in [-0.2, 0) is 4.74 Å². The first kappa shape index (κ1) is 6.55. The van der Waals surface area contributed by atoms with Gasteiger partial charge in [0.1, 0.15) is 6.23 Å². The Hall–Kier alpha value is -0.570. The number of ether oxygens (including phenoxy) is 1. The van der Waals surface area contributed by atoms with Gasteiger partial charge in [0.05, 0.1) is 0 Å². The van der Waals surface area contributed by atoms with Crippen molar-refractivity contribution in [3.05, 3.63) is 0 Å². The second kappa shape index (κ2) is 2.82. The van der Waals surface area contributed by atoms with Crippen LogP contribution in [0.4, 0.5) is 0 Å². The van der Waals surface area contributed by atoms with E-state index in [1.165, 1.54) is 0 Å². The molecule has 0 aromatic rings. The van der Waals surface area contributed by atoms with E-state index in [4.69, 9.17) is 4.74 Å². The Morgan fingerprint density at radius 2 is 2.56 bits per heavy atom. The van der Waals surface area contributed by atoms with Crippen LogP contribution in [-0.4, -0.2) is 31.6 Å². The summed E-state index contributed by atoms with van der Waals surface area (Å²) in [5, 5.41) is 5.67. The first-order valence-electron chi connectivity index (χ1n) is 3.14. The quantitative estimate of drug-likeness (QED) is 0.510. The van der Waals surface area contributed by atoms with E-state index in [0.29, 0.717) is 0 Å². The molecule has 1 fully saturated rings. The van der Waals surface area contributed by atoms with Crippen molar-refractivity contribution in [3.8, 4) is 0 Å². The third kappa shape index (κ3) is 1.21. The lowest BCUT2D eigenvalue weighted by atomic mass is 10.4. The van der Waals surface area contributed by atoms with Gasteiger partial charge in [-0.1, -0.05) is 0 Å². The van der Waals surface area contributed by atoms with E-state index in [2.05, 4.69) is 11.8 Å². The zero-order chi connectivity index (χ0) is 6.69. The molecule has 0 amide bonds. The SMILES string of the molecule is C=NN1CCC[C@@H]1OC. The maximum Gasteiger partial charge on any atom is 0.145 e.